The number of hydrogen-bond donors (Lipinski definition) is 2. The van der Waals surface area contributed by atoms with Crippen molar-refractivity contribution in [2.75, 3.05) is 20.7 Å². The molecule has 3 aromatic rings. The summed E-state index contributed by atoms with van der Waals surface area (Å²) in [5, 5.41) is 6.60. The van der Waals surface area contributed by atoms with Gasteiger partial charge in [-0.1, -0.05) is 24.3 Å². The van der Waals surface area contributed by atoms with Crippen LogP contribution < -0.4 is 24.8 Å². The molecule has 0 radical (unpaired) electrons. The van der Waals surface area contributed by atoms with Gasteiger partial charge in [0.1, 0.15) is 30.0 Å². The van der Waals surface area contributed by atoms with Gasteiger partial charge < -0.3 is 24.8 Å². The Morgan fingerprint density at radius 1 is 0.970 bits per heavy atom. The lowest BCUT2D eigenvalue weighted by atomic mass is 10.2. The molecule has 0 saturated carbocycles. The predicted octanol–water partition coefficient (Wildman–Crippen LogP) is 4.42. The van der Waals surface area contributed by atoms with E-state index in [0.717, 1.165) is 28.5 Å². The summed E-state index contributed by atoms with van der Waals surface area (Å²) in [5.74, 6) is 3.06. The van der Waals surface area contributed by atoms with Crippen LogP contribution in [-0.4, -0.2) is 37.7 Å². The molecular weight excluding hydrogens is 531 g/mol. The largest absolute Gasteiger partial charge is 0.497 e. The highest BCUT2D eigenvalue weighted by Crippen LogP contribution is 2.19. The second-order valence-electron chi connectivity index (χ2n) is 7.17. The maximum Gasteiger partial charge on any atom is 0.191 e. The van der Waals surface area contributed by atoms with E-state index in [1.165, 1.54) is 0 Å². The zero-order chi connectivity index (χ0) is 22.6. The van der Waals surface area contributed by atoms with Gasteiger partial charge in [0, 0.05) is 25.9 Å². The molecule has 1 aromatic heterocycles. The van der Waals surface area contributed by atoms with Crippen molar-refractivity contribution in [3.63, 3.8) is 0 Å². The molecular formula is C25H31IN4O3. The summed E-state index contributed by atoms with van der Waals surface area (Å²) in [7, 11) is 3.39. The van der Waals surface area contributed by atoms with Crippen molar-refractivity contribution in [2.24, 2.45) is 4.99 Å². The molecule has 1 heterocycles. The standard InChI is InChI=1S/C25H30N4O3.HI/c1-19(32-24-9-6-8-23(15-24)30-3)16-28-25(26-2)29-17-20-10-12-22(13-11-20)31-18-21-7-4-5-14-27-21;/h4-15,19H,16-18H2,1-3H3,(H2,26,28,29);1H. The Morgan fingerprint density at radius 2 is 1.76 bits per heavy atom. The summed E-state index contributed by atoms with van der Waals surface area (Å²) in [5.41, 5.74) is 2.02. The molecule has 1 unspecified atom stereocenters. The third-order valence-corrected chi connectivity index (χ3v) is 4.66. The van der Waals surface area contributed by atoms with Gasteiger partial charge in [0.25, 0.3) is 0 Å². The van der Waals surface area contributed by atoms with Crippen molar-refractivity contribution < 1.29 is 14.2 Å². The van der Waals surface area contributed by atoms with Crippen LogP contribution in [0.1, 0.15) is 18.2 Å². The summed E-state index contributed by atoms with van der Waals surface area (Å²) in [6.07, 6.45) is 1.72. The fourth-order valence-electron chi connectivity index (χ4n) is 2.94. The Morgan fingerprint density at radius 3 is 2.45 bits per heavy atom. The number of guanidine groups is 1. The first-order chi connectivity index (χ1) is 15.7. The summed E-state index contributed by atoms with van der Waals surface area (Å²) in [6, 6.07) is 21.3. The van der Waals surface area contributed by atoms with Crippen LogP contribution in [0.2, 0.25) is 0 Å². The molecule has 3 rings (SSSR count). The molecule has 0 aliphatic carbocycles. The van der Waals surface area contributed by atoms with E-state index in [4.69, 9.17) is 14.2 Å². The molecule has 7 nitrogen and oxygen atoms in total. The van der Waals surface area contributed by atoms with Crippen molar-refractivity contribution in [3.05, 3.63) is 84.2 Å². The topological polar surface area (TPSA) is 77.0 Å². The van der Waals surface area contributed by atoms with Crippen LogP contribution in [0.3, 0.4) is 0 Å². The normalized spacial score (nSPS) is 11.7. The molecule has 0 spiro atoms. The average Bonchev–Trinajstić information content (AvgIpc) is 2.84. The van der Waals surface area contributed by atoms with Gasteiger partial charge in [-0.25, -0.2) is 0 Å². The molecule has 0 amide bonds. The average molecular weight is 562 g/mol. The Labute approximate surface area is 212 Å². The molecule has 0 bridgehead atoms. The van der Waals surface area contributed by atoms with E-state index in [-0.39, 0.29) is 30.1 Å². The van der Waals surface area contributed by atoms with E-state index in [1.54, 1.807) is 20.4 Å². The minimum atomic E-state index is -0.0452. The second-order valence-corrected chi connectivity index (χ2v) is 7.17. The number of methoxy groups -OCH3 is 1. The quantitative estimate of drug-likeness (QED) is 0.217. The van der Waals surface area contributed by atoms with Gasteiger partial charge in [-0.05, 0) is 48.9 Å². The molecule has 8 heteroatoms. The number of benzene rings is 2. The summed E-state index contributed by atoms with van der Waals surface area (Å²) in [6.45, 7) is 3.71. The van der Waals surface area contributed by atoms with Gasteiger partial charge in [0.05, 0.1) is 19.3 Å². The van der Waals surface area contributed by atoms with Gasteiger partial charge in [0.2, 0.25) is 0 Å². The van der Waals surface area contributed by atoms with Crippen LogP contribution in [-0.2, 0) is 13.2 Å². The molecule has 1 atom stereocenters. The molecule has 33 heavy (non-hydrogen) atoms. The number of aromatic nitrogens is 1. The zero-order valence-corrected chi connectivity index (χ0v) is 21.5. The lowest BCUT2D eigenvalue weighted by Gasteiger charge is -2.18. The first-order valence-corrected chi connectivity index (χ1v) is 10.5. The van der Waals surface area contributed by atoms with Gasteiger partial charge in [-0.15, -0.1) is 24.0 Å². The van der Waals surface area contributed by atoms with Crippen molar-refractivity contribution in [1.82, 2.24) is 15.6 Å². The zero-order valence-electron chi connectivity index (χ0n) is 19.2. The molecule has 2 aromatic carbocycles. The molecule has 0 aliphatic rings. The molecule has 0 fully saturated rings. The fourth-order valence-corrected chi connectivity index (χ4v) is 2.94. The van der Waals surface area contributed by atoms with Crippen LogP contribution in [0.4, 0.5) is 0 Å². The highest BCUT2D eigenvalue weighted by atomic mass is 127. The van der Waals surface area contributed by atoms with Crippen molar-refractivity contribution in [3.8, 4) is 17.2 Å². The molecule has 2 N–H and O–H groups in total. The van der Waals surface area contributed by atoms with E-state index in [2.05, 4.69) is 20.6 Å². The number of nitrogens with one attached hydrogen (secondary N) is 2. The fraction of sp³-hybridized carbons (Fsp3) is 0.280. The summed E-state index contributed by atoms with van der Waals surface area (Å²) < 4.78 is 17.0. The Kier molecular flexibility index (Phi) is 11.3. The number of pyridine rings is 1. The number of nitrogens with zero attached hydrogens (tertiary/aromatic N) is 2. The third kappa shape index (κ3) is 9.17. The number of aliphatic imine (C=N–C) groups is 1. The molecule has 0 saturated heterocycles. The Bertz CT molecular complexity index is 984. The first-order valence-electron chi connectivity index (χ1n) is 10.5. The summed E-state index contributed by atoms with van der Waals surface area (Å²) in [4.78, 5) is 8.54. The van der Waals surface area contributed by atoms with Gasteiger partial charge in [-0.2, -0.15) is 0 Å². The maximum absolute atomic E-state index is 5.94. The second kappa shape index (κ2) is 14.2. The van der Waals surface area contributed by atoms with Crippen LogP contribution in [0.5, 0.6) is 17.2 Å². The first kappa shape index (κ1) is 26.2. The lowest BCUT2D eigenvalue weighted by Crippen LogP contribution is -2.41. The lowest BCUT2D eigenvalue weighted by molar-refractivity contribution is 0.223. The summed E-state index contributed by atoms with van der Waals surface area (Å²) >= 11 is 0. The highest BCUT2D eigenvalue weighted by molar-refractivity contribution is 14.0. The Balaban J connectivity index is 0.00000385. The number of ether oxygens (including phenoxy) is 3. The number of halogens is 1. The number of rotatable bonds is 10. The number of hydrogen-bond acceptors (Lipinski definition) is 5. The third-order valence-electron chi connectivity index (χ3n) is 4.66. The van der Waals surface area contributed by atoms with E-state index >= 15 is 0 Å². The highest BCUT2D eigenvalue weighted by Gasteiger charge is 2.07. The molecule has 0 aliphatic heterocycles. The minimum Gasteiger partial charge on any atom is -0.497 e. The van der Waals surface area contributed by atoms with E-state index in [0.29, 0.717) is 25.7 Å². The SMILES string of the molecule is CN=C(NCc1ccc(OCc2ccccn2)cc1)NCC(C)Oc1cccc(OC)c1.I. The van der Waals surface area contributed by atoms with Crippen molar-refractivity contribution >= 4 is 29.9 Å². The van der Waals surface area contributed by atoms with Crippen LogP contribution >= 0.6 is 24.0 Å². The Hall–Kier alpha value is -3.01. The van der Waals surface area contributed by atoms with Crippen LogP contribution in [0.25, 0.3) is 0 Å². The van der Waals surface area contributed by atoms with Crippen LogP contribution in [0, 0.1) is 0 Å². The monoisotopic (exact) mass is 562 g/mol. The van der Waals surface area contributed by atoms with Crippen molar-refractivity contribution in [2.45, 2.75) is 26.2 Å². The molecule has 176 valence electrons. The van der Waals surface area contributed by atoms with E-state index in [1.807, 2.05) is 73.7 Å². The van der Waals surface area contributed by atoms with Gasteiger partial charge in [0.15, 0.2) is 5.96 Å². The predicted molar refractivity (Wildman–Crippen MR) is 142 cm³/mol. The smallest absolute Gasteiger partial charge is 0.191 e. The van der Waals surface area contributed by atoms with E-state index < -0.39 is 0 Å². The minimum absolute atomic E-state index is 0. The van der Waals surface area contributed by atoms with Gasteiger partial charge >= 0.3 is 0 Å². The van der Waals surface area contributed by atoms with E-state index in [9.17, 15) is 0 Å². The van der Waals surface area contributed by atoms with Gasteiger partial charge in [-0.3, -0.25) is 9.98 Å². The maximum atomic E-state index is 5.94. The van der Waals surface area contributed by atoms with Crippen LogP contribution in [0.15, 0.2) is 77.9 Å². The van der Waals surface area contributed by atoms with Crippen molar-refractivity contribution in [1.29, 1.82) is 0 Å².